The number of nitro groups is 1. The molecule has 0 amide bonds. The quantitative estimate of drug-likeness (QED) is 0.132. The molecule has 0 radical (unpaired) electrons. The third-order valence-electron chi connectivity index (χ3n) is 4.00. The summed E-state index contributed by atoms with van der Waals surface area (Å²) in [5.74, 6) is -1.61. The van der Waals surface area contributed by atoms with Gasteiger partial charge in [-0.3, -0.25) is 15.1 Å². The Kier molecular flexibility index (Phi) is 6.20. The number of benzene rings is 1. The van der Waals surface area contributed by atoms with Crippen LogP contribution in [0.1, 0.15) is 16.8 Å². The van der Waals surface area contributed by atoms with E-state index in [0.29, 0.717) is 0 Å². The van der Waals surface area contributed by atoms with E-state index in [2.05, 4.69) is 14.2 Å². The average Bonchev–Trinajstić information content (AvgIpc) is 2.74. The molecule has 0 unspecified atom stereocenters. The summed E-state index contributed by atoms with van der Waals surface area (Å²) in [4.78, 5) is 18.3. The summed E-state index contributed by atoms with van der Waals surface area (Å²) in [6.07, 6.45) is 3.41. The number of rotatable bonds is 6. The van der Waals surface area contributed by atoms with Crippen molar-refractivity contribution in [1.29, 1.82) is 0 Å². The van der Waals surface area contributed by atoms with Crippen molar-refractivity contribution in [3.05, 3.63) is 99.9 Å². The number of pyridine rings is 2. The zero-order valence-corrected chi connectivity index (χ0v) is 16.5. The van der Waals surface area contributed by atoms with Gasteiger partial charge in [0.25, 0.3) is 5.69 Å². The van der Waals surface area contributed by atoms with Crippen molar-refractivity contribution in [2.45, 2.75) is 5.51 Å². The van der Waals surface area contributed by atoms with Crippen molar-refractivity contribution >= 4 is 27.1 Å². The molecule has 0 N–H and O–H groups in total. The first-order chi connectivity index (χ1) is 15.0. The third kappa shape index (κ3) is 4.72. The smallest absolute Gasteiger partial charge is 0.375 e. The van der Waals surface area contributed by atoms with Gasteiger partial charge in [-0.15, -0.1) is 0 Å². The fourth-order valence-electron chi connectivity index (χ4n) is 2.62. The largest absolute Gasteiger partial charge is 0.534 e. The maximum Gasteiger partial charge on any atom is 0.534 e. The Morgan fingerprint density at radius 2 is 1.59 bits per heavy atom. The maximum atomic E-state index is 13.5. The van der Waals surface area contributed by atoms with Crippen LogP contribution in [-0.4, -0.2) is 28.8 Å². The van der Waals surface area contributed by atoms with E-state index in [0.717, 1.165) is 61.1 Å². The highest BCUT2D eigenvalue weighted by Gasteiger charge is 2.49. The van der Waals surface area contributed by atoms with Crippen LogP contribution in [-0.2, 0) is 14.3 Å². The van der Waals surface area contributed by atoms with E-state index in [-0.39, 0.29) is 11.1 Å². The number of alkyl halides is 3. The molecule has 0 aliphatic rings. The molecule has 2 heterocycles. The zero-order chi connectivity index (χ0) is 23.5. The van der Waals surface area contributed by atoms with Crippen LogP contribution in [0.4, 0.5) is 23.2 Å². The van der Waals surface area contributed by atoms with Gasteiger partial charge in [-0.1, -0.05) is 12.1 Å². The Labute approximate surface area is 178 Å². The van der Waals surface area contributed by atoms with E-state index >= 15 is 0 Å². The minimum atomic E-state index is -6.20. The number of hydrogen-bond donors (Lipinski definition) is 0. The summed E-state index contributed by atoms with van der Waals surface area (Å²) >= 11 is 0. The van der Waals surface area contributed by atoms with Gasteiger partial charge < -0.3 is 4.18 Å². The van der Waals surface area contributed by atoms with E-state index in [1.807, 2.05) is 0 Å². The van der Waals surface area contributed by atoms with Gasteiger partial charge in [-0.05, 0) is 35.9 Å². The van der Waals surface area contributed by atoms with E-state index < -0.39 is 49.1 Å². The molecule has 166 valence electrons. The molecule has 0 spiro atoms. The van der Waals surface area contributed by atoms with E-state index in [4.69, 9.17) is 0 Å². The molecule has 13 heteroatoms. The second-order valence-corrected chi connectivity index (χ2v) is 7.60. The molecule has 0 saturated heterocycles. The summed E-state index contributed by atoms with van der Waals surface area (Å²) < 4.78 is 81.0. The highest BCUT2D eigenvalue weighted by Crippen LogP contribution is 2.39. The minimum absolute atomic E-state index is 0.0858. The monoisotopic (exact) mass is 469 g/mol. The molecule has 8 nitrogen and oxygen atoms in total. The SMILES string of the molecule is O=[N+]([O-])c1cccnc1/C(=C(/OS(=O)(=O)C(F)(F)F)c1ccncc1)c1ccc(F)cc1. The van der Waals surface area contributed by atoms with Crippen LogP contribution in [0.3, 0.4) is 0 Å². The van der Waals surface area contributed by atoms with Gasteiger partial charge in [0.2, 0.25) is 0 Å². The van der Waals surface area contributed by atoms with Crippen LogP contribution in [0.5, 0.6) is 0 Å². The van der Waals surface area contributed by atoms with Crippen molar-refractivity contribution in [2.75, 3.05) is 0 Å². The lowest BCUT2D eigenvalue weighted by atomic mass is 9.97. The summed E-state index contributed by atoms with van der Waals surface area (Å²) in [5, 5.41) is 11.5. The lowest BCUT2D eigenvalue weighted by Gasteiger charge is -2.17. The Morgan fingerprint density at radius 1 is 0.969 bits per heavy atom. The van der Waals surface area contributed by atoms with Gasteiger partial charge in [0, 0.05) is 30.2 Å². The molecule has 0 atom stereocenters. The molecule has 0 saturated carbocycles. The predicted molar refractivity (Wildman–Crippen MR) is 104 cm³/mol. The number of nitrogens with zero attached hydrogens (tertiary/aromatic N) is 3. The molecule has 3 aromatic rings. The van der Waals surface area contributed by atoms with Crippen LogP contribution >= 0.6 is 0 Å². The summed E-state index contributed by atoms with van der Waals surface area (Å²) in [5.41, 5.74) is -7.70. The number of hydrogen-bond acceptors (Lipinski definition) is 7. The predicted octanol–water partition coefficient (Wildman–Crippen LogP) is 4.31. The van der Waals surface area contributed by atoms with Crippen molar-refractivity contribution in [2.24, 2.45) is 0 Å². The lowest BCUT2D eigenvalue weighted by molar-refractivity contribution is -0.385. The fraction of sp³-hybridized carbons (Fsp3) is 0.0526. The Morgan fingerprint density at radius 3 is 2.16 bits per heavy atom. The van der Waals surface area contributed by atoms with Gasteiger partial charge in [0.15, 0.2) is 11.5 Å². The van der Waals surface area contributed by atoms with Crippen molar-refractivity contribution in [3.63, 3.8) is 0 Å². The van der Waals surface area contributed by atoms with Gasteiger partial charge in [0.05, 0.1) is 10.5 Å². The zero-order valence-electron chi connectivity index (χ0n) is 15.7. The molecule has 0 aliphatic heterocycles. The Balaban J connectivity index is 2.46. The van der Waals surface area contributed by atoms with Gasteiger partial charge >= 0.3 is 15.6 Å². The number of halogens is 4. The molecule has 0 aliphatic carbocycles. The van der Waals surface area contributed by atoms with Crippen LogP contribution in [0.15, 0.2) is 67.1 Å². The van der Waals surface area contributed by atoms with E-state index in [1.165, 1.54) is 6.07 Å². The summed E-state index contributed by atoms with van der Waals surface area (Å²) in [7, 11) is -6.20. The third-order valence-corrected chi connectivity index (χ3v) is 4.95. The Bertz CT molecular complexity index is 1280. The van der Waals surface area contributed by atoms with E-state index in [1.54, 1.807) is 0 Å². The standard InChI is InChI=1S/C19H11F4N3O5S/c20-14-5-3-12(4-6-14)16(17-15(26(27)28)2-1-9-25-17)18(13-7-10-24-11-8-13)31-32(29,30)19(21,22)23/h1-11H/b18-16+. The molecule has 3 rings (SSSR count). The summed E-state index contributed by atoms with van der Waals surface area (Å²) in [6, 6.07) is 8.57. The fourth-order valence-corrected chi connectivity index (χ4v) is 3.12. The van der Waals surface area contributed by atoms with Gasteiger partial charge in [-0.25, -0.2) is 9.37 Å². The molecule has 0 fully saturated rings. The van der Waals surface area contributed by atoms with Crippen molar-refractivity contribution in [3.8, 4) is 0 Å². The molecule has 1 aromatic carbocycles. The Hall–Kier alpha value is -3.87. The van der Waals surface area contributed by atoms with Gasteiger partial charge in [-0.2, -0.15) is 21.6 Å². The normalized spacial score (nSPS) is 12.8. The molecule has 2 aromatic heterocycles. The summed E-state index contributed by atoms with van der Waals surface area (Å²) in [6.45, 7) is 0. The molecular weight excluding hydrogens is 458 g/mol. The van der Waals surface area contributed by atoms with Crippen LogP contribution in [0.25, 0.3) is 11.3 Å². The lowest BCUT2D eigenvalue weighted by Crippen LogP contribution is -2.25. The van der Waals surface area contributed by atoms with Crippen LogP contribution in [0, 0.1) is 15.9 Å². The van der Waals surface area contributed by atoms with Crippen LogP contribution < -0.4 is 0 Å². The molecular formula is C19H11F4N3O5S. The van der Waals surface area contributed by atoms with E-state index in [9.17, 15) is 36.1 Å². The molecule has 32 heavy (non-hydrogen) atoms. The van der Waals surface area contributed by atoms with Crippen LogP contribution in [0.2, 0.25) is 0 Å². The topological polar surface area (TPSA) is 112 Å². The maximum absolute atomic E-state index is 13.5. The number of aromatic nitrogens is 2. The average molecular weight is 469 g/mol. The first kappa shape index (κ1) is 22.8. The highest BCUT2D eigenvalue weighted by molar-refractivity contribution is 7.87. The second-order valence-electron chi connectivity index (χ2n) is 6.06. The van der Waals surface area contributed by atoms with Gasteiger partial charge in [0.1, 0.15) is 5.82 Å². The minimum Gasteiger partial charge on any atom is -0.375 e. The van der Waals surface area contributed by atoms with Crippen molar-refractivity contribution < 1.29 is 35.1 Å². The highest BCUT2D eigenvalue weighted by atomic mass is 32.2. The first-order valence-electron chi connectivity index (χ1n) is 8.52. The second kappa shape index (κ2) is 8.70. The molecule has 0 bridgehead atoms. The first-order valence-corrected chi connectivity index (χ1v) is 9.93. The van der Waals surface area contributed by atoms with Crippen molar-refractivity contribution in [1.82, 2.24) is 9.97 Å².